The fourth-order valence-electron chi connectivity index (χ4n) is 2.25. The molecule has 98 valence electrons. The summed E-state index contributed by atoms with van der Waals surface area (Å²) in [5.74, 6) is 0.362. The number of hydrogen-bond donors (Lipinski definition) is 0. The molecule has 0 spiro atoms. The summed E-state index contributed by atoms with van der Waals surface area (Å²) in [7, 11) is 0. The SMILES string of the molecule is CCCO[C@H]1CC[C@H](/C(C=O)=C\OCC)CC1. The topological polar surface area (TPSA) is 35.5 Å². The molecule has 0 saturated heterocycles. The molecule has 1 aliphatic rings. The van der Waals surface area contributed by atoms with Gasteiger partial charge in [0, 0.05) is 12.2 Å². The second-order valence-electron chi connectivity index (χ2n) is 4.54. The van der Waals surface area contributed by atoms with Gasteiger partial charge in [-0.2, -0.15) is 0 Å². The second kappa shape index (κ2) is 8.29. The maximum absolute atomic E-state index is 11.0. The van der Waals surface area contributed by atoms with Crippen LogP contribution in [0.3, 0.4) is 0 Å². The highest BCUT2D eigenvalue weighted by Gasteiger charge is 2.24. The molecule has 3 heteroatoms. The predicted octanol–water partition coefficient (Wildman–Crippen LogP) is 3.09. The van der Waals surface area contributed by atoms with E-state index in [0.717, 1.165) is 50.6 Å². The van der Waals surface area contributed by atoms with Gasteiger partial charge < -0.3 is 9.47 Å². The third kappa shape index (κ3) is 4.90. The van der Waals surface area contributed by atoms with Gasteiger partial charge in [0.05, 0.1) is 19.0 Å². The maximum atomic E-state index is 11.0. The largest absolute Gasteiger partial charge is 0.501 e. The lowest BCUT2D eigenvalue weighted by Gasteiger charge is -2.28. The molecule has 0 aliphatic heterocycles. The Morgan fingerprint density at radius 1 is 1.24 bits per heavy atom. The van der Waals surface area contributed by atoms with Crippen molar-refractivity contribution in [3.05, 3.63) is 11.8 Å². The number of carbonyl (C=O) groups excluding carboxylic acids is 1. The summed E-state index contributed by atoms with van der Waals surface area (Å²) in [5, 5.41) is 0. The molecule has 17 heavy (non-hydrogen) atoms. The lowest BCUT2D eigenvalue weighted by Crippen LogP contribution is -2.23. The van der Waals surface area contributed by atoms with E-state index in [1.807, 2.05) is 6.92 Å². The first-order valence-electron chi connectivity index (χ1n) is 6.70. The van der Waals surface area contributed by atoms with Crippen LogP contribution in [0.4, 0.5) is 0 Å². The molecule has 0 heterocycles. The predicted molar refractivity (Wildman–Crippen MR) is 67.8 cm³/mol. The van der Waals surface area contributed by atoms with Crippen molar-refractivity contribution in [2.75, 3.05) is 13.2 Å². The number of hydrogen-bond acceptors (Lipinski definition) is 3. The molecule has 1 rings (SSSR count). The number of ether oxygens (including phenoxy) is 2. The quantitative estimate of drug-likeness (QED) is 0.390. The van der Waals surface area contributed by atoms with Gasteiger partial charge in [0.15, 0.2) is 0 Å². The van der Waals surface area contributed by atoms with Gasteiger partial charge in [-0.05, 0) is 44.9 Å². The third-order valence-corrected chi connectivity index (χ3v) is 3.23. The van der Waals surface area contributed by atoms with E-state index in [9.17, 15) is 4.79 Å². The lowest BCUT2D eigenvalue weighted by molar-refractivity contribution is -0.105. The normalized spacial score (nSPS) is 25.6. The van der Waals surface area contributed by atoms with Gasteiger partial charge in [-0.25, -0.2) is 0 Å². The van der Waals surface area contributed by atoms with Crippen LogP contribution in [0.2, 0.25) is 0 Å². The second-order valence-corrected chi connectivity index (χ2v) is 4.54. The Bertz CT molecular complexity index is 240. The molecule has 0 unspecified atom stereocenters. The molecule has 1 aliphatic carbocycles. The van der Waals surface area contributed by atoms with E-state index in [1.54, 1.807) is 6.26 Å². The van der Waals surface area contributed by atoms with E-state index in [0.29, 0.717) is 18.6 Å². The van der Waals surface area contributed by atoms with Gasteiger partial charge in [-0.1, -0.05) is 6.92 Å². The number of allylic oxidation sites excluding steroid dienone is 1. The lowest BCUT2D eigenvalue weighted by atomic mass is 9.83. The summed E-state index contributed by atoms with van der Waals surface area (Å²) in [6.45, 7) is 5.52. The first-order chi connectivity index (χ1) is 8.31. The van der Waals surface area contributed by atoms with Crippen LogP contribution in [0.25, 0.3) is 0 Å². The molecule has 0 bridgehead atoms. The summed E-state index contributed by atoms with van der Waals surface area (Å²) in [6.07, 6.45) is 8.22. The van der Waals surface area contributed by atoms with Crippen molar-refractivity contribution in [3.63, 3.8) is 0 Å². The molecule has 0 N–H and O–H groups in total. The smallest absolute Gasteiger partial charge is 0.149 e. The highest BCUT2D eigenvalue weighted by Crippen LogP contribution is 2.30. The average Bonchev–Trinajstić information content (AvgIpc) is 2.38. The van der Waals surface area contributed by atoms with E-state index in [4.69, 9.17) is 9.47 Å². The summed E-state index contributed by atoms with van der Waals surface area (Å²) < 4.78 is 10.9. The first-order valence-corrected chi connectivity index (χ1v) is 6.70. The number of rotatable bonds is 7. The zero-order valence-electron chi connectivity index (χ0n) is 11.0. The van der Waals surface area contributed by atoms with Crippen molar-refractivity contribution < 1.29 is 14.3 Å². The molecule has 3 nitrogen and oxygen atoms in total. The minimum atomic E-state index is 0.362. The first kappa shape index (κ1) is 14.2. The Kier molecular flexibility index (Phi) is 6.94. The van der Waals surface area contributed by atoms with Crippen LogP contribution < -0.4 is 0 Å². The molecule has 0 radical (unpaired) electrons. The van der Waals surface area contributed by atoms with Gasteiger partial charge in [0.2, 0.25) is 0 Å². The number of aldehydes is 1. The van der Waals surface area contributed by atoms with E-state index in [1.165, 1.54) is 0 Å². The fraction of sp³-hybridized carbons (Fsp3) is 0.786. The Hall–Kier alpha value is -0.830. The van der Waals surface area contributed by atoms with Crippen LogP contribution >= 0.6 is 0 Å². The molecule has 0 atom stereocenters. The Balaban J connectivity index is 2.36. The van der Waals surface area contributed by atoms with Gasteiger partial charge in [0.25, 0.3) is 0 Å². The third-order valence-electron chi connectivity index (χ3n) is 3.23. The maximum Gasteiger partial charge on any atom is 0.149 e. The Morgan fingerprint density at radius 3 is 2.47 bits per heavy atom. The van der Waals surface area contributed by atoms with E-state index < -0.39 is 0 Å². The Labute approximate surface area is 104 Å². The highest BCUT2D eigenvalue weighted by atomic mass is 16.5. The average molecular weight is 240 g/mol. The molecule has 0 aromatic heterocycles. The molecule has 1 saturated carbocycles. The zero-order chi connectivity index (χ0) is 12.5. The van der Waals surface area contributed by atoms with Crippen LogP contribution in [-0.4, -0.2) is 25.6 Å². The summed E-state index contributed by atoms with van der Waals surface area (Å²) >= 11 is 0. The van der Waals surface area contributed by atoms with Crippen LogP contribution in [0, 0.1) is 5.92 Å². The monoisotopic (exact) mass is 240 g/mol. The summed E-state index contributed by atoms with van der Waals surface area (Å²) in [4.78, 5) is 11.0. The Morgan fingerprint density at radius 2 is 1.94 bits per heavy atom. The van der Waals surface area contributed by atoms with Crippen LogP contribution in [0.15, 0.2) is 11.8 Å². The molecule has 0 aromatic carbocycles. The van der Waals surface area contributed by atoms with E-state index >= 15 is 0 Å². The van der Waals surface area contributed by atoms with E-state index in [-0.39, 0.29) is 0 Å². The van der Waals surface area contributed by atoms with Crippen molar-refractivity contribution in [1.82, 2.24) is 0 Å². The molecule has 0 amide bonds. The summed E-state index contributed by atoms with van der Waals surface area (Å²) in [6, 6.07) is 0. The van der Waals surface area contributed by atoms with Crippen LogP contribution in [0.5, 0.6) is 0 Å². The van der Waals surface area contributed by atoms with E-state index in [2.05, 4.69) is 6.92 Å². The minimum absolute atomic E-state index is 0.362. The molecule has 0 aromatic rings. The highest BCUT2D eigenvalue weighted by molar-refractivity contribution is 5.73. The van der Waals surface area contributed by atoms with Gasteiger partial charge in [0.1, 0.15) is 6.29 Å². The molecule has 1 fully saturated rings. The van der Waals surface area contributed by atoms with Crippen LogP contribution in [0.1, 0.15) is 46.0 Å². The van der Waals surface area contributed by atoms with Gasteiger partial charge in [-0.3, -0.25) is 4.79 Å². The van der Waals surface area contributed by atoms with Crippen molar-refractivity contribution in [3.8, 4) is 0 Å². The van der Waals surface area contributed by atoms with Crippen molar-refractivity contribution in [2.24, 2.45) is 5.92 Å². The van der Waals surface area contributed by atoms with Gasteiger partial charge in [-0.15, -0.1) is 0 Å². The van der Waals surface area contributed by atoms with Crippen molar-refractivity contribution >= 4 is 6.29 Å². The molecular weight excluding hydrogens is 216 g/mol. The summed E-state index contributed by atoms with van der Waals surface area (Å²) in [5.41, 5.74) is 0.806. The van der Waals surface area contributed by atoms with Crippen LogP contribution in [-0.2, 0) is 14.3 Å². The van der Waals surface area contributed by atoms with Gasteiger partial charge >= 0.3 is 0 Å². The minimum Gasteiger partial charge on any atom is -0.501 e. The zero-order valence-corrected chi connectivity index (χ0v) is 11.0. The van der Waals surface area contributed by atoms with Crippen molar-refractivity contribution in [1.29, 1.82) is 0 Å². The number of carbonyl (C=O) groups is 1. The van der Waals surface area contributed by atoms with Crippen molar-refractivity contribution in [2.45, 2.75) is 52.1 Å². The molecular formula is C14H24O3. The fourth-order valence-corrected chi connectivity index (χ4v) is 2.25. The standard InChI is InChI=1S/C14H24O3/c1-3-9-17-14-7-5-12(6-8-14)13(10-15)11-16-4-2/h10-12,14H,3-9H2,1-2H3/b13-11-/t12-,14-.